The van der Waals surface area contributed by atoms with Crippen LogP contribution in [-0.2, 0) is 4.74 Å². The molecule has 1 aliphatic heterocycles. The number of esters is 1. The van der Waals surface area contributed by atoms with Crippen molar-refractivity contribution in [1.82, 2.24) is 19.9 Å². The molecule has 1 N–H and O–H groups in total. The quantitative estimate of drug-likeness (QED) is 0.277. The molecule has 0 aromatic carbocycles. The van der Waals surface area contributed by atoms with Crippen molar-refractivity contribution >= 4 is 63.0 Å². The van der Waals surface area contributed by atoms with Gasteiger partial charge in [-0.25, -0.2) is 19.7 Å². The fraction of sp³-hybridized carbons (Fsp3) is 0.435. The number of nitrogens with zero attached hydrogens (tertiary/aromatic N) is 4. The van der Waals surface area contributed by atoms with Crippen molar-refractivity contribution < 1.29 is 14.3 Å². The topological polar surface area (TPSA) is 101 Å². The highest BCUT2D eigenvalue weighted by Crippen LogP contribution is 2.37. The van der Waals surface area contributed by atoms with Gasteiger partial charge in [-0.15, -0.1) is 0 Å². The van der Waals surface area contributed by atoms with Crippen LogP contribution in [0, 0.1) is 18.8 Å². The minimum atomic E-state index is -0.451. The number of carbonyl (C=O) groups excluding carboxylic acids is 2. The van der Waals surface area contributed by atoms with Crippen LogP contribution in [0.2, 0.25) is 15.2 Å². The average Bonchev–Trinajstić information content (AvgIpc) is 3.39. The second kappa shape index (κ2) is 10.8. The fourth-order valence-corrected chi connectivity index (χ4v) is 5.70. The standard InChI is InChI=1S/C23H24Cl3N5O3S/c1-4-34-22(33)21-19(14-8-28-16(24)9-27-14)30-23(35-21)31-6-5-13(11(2)10-31)7-15(32)20-18(26)17(25)12(3)29-20/h8-9,11,13,29H,4-7,10H2,1-3H3/t11-,13-/m0/s1. The molecular formula is C23H24Cl3N5O3S. The van der Waals surface area contributed by atoms with E-state index in [1.807, 2.05) is 0 Å². The lowest BCUT2D eigenvalue weighted by Gasteiger charge is -2.36. The molecule has 4 rings (SSSR count). The van der Waals surface area contributed by atoms with E-state index in [-0.39, 0.29) is 34.4 Å². The molecule has 3 aromatic heterocycles. The molecule has 4 heterocycles. The molecule has 0 aliphatic carbocycles. The first-order chi connectivity index (χ1) is 16.7. The Bertz CT molecular complexity index is 1240. The molecule has 3 aromatic rings. The van der Waals surface area contributed by atoms with E-state index in [2.05, 4.69) is 26.8 Å². The molecule has 186 valence electrons. The zero-order chi connectivity index (χ0) is 25.3. The summed E-state index contributed by atoms with van der Waals surface area (Å²) in [5.74, 6) is -0.0962. The van der Waals surface area contributed by atoms with Crippen LogP contribution in [0.1, 0.15) is 52.5 Å². The summed E-state index contributed by atoms with van der Waals surface area (Å²) < 4.78 is 5.24. The molecule has 0 radical (unpaired) electrons. The number of hydrogen-bond acceptors (Lipinski definition) is 8. The van der Waals surface area contributed by atoms with Crippen LogP contribution in [0.25, 0.3) is 11.4 Å². The van der Waals surface area contributed by atoms with E-state index in [1.165, 1.54) is 23.7 Å². The summed E-state index contributed by atoms with van der Waals surface area (Å²) in [6, 6.07) is 0. The number of halogens is 3. The Kier molecular flexibility index (Phi) is 8.00. The third-order valence-corrected chi connectivity index (χ3v) is 8.31. The minimum Gasteiger partial charge on any atom is -0.462 e. The Morgan fingerprint density at radius 1 is 1.23 bits per heavy atom. The summed E-state index contributed by atoms with van der Waals surface area (Å²) in [5, 5.41) is 1.63. The van der Waals surface area contributed by atoms with Gasteiger partial charge in [0.15, 0.2) is 10.9 Å². The molecule has 12 heteroatoms. The number of anilines is 1. The van der Waals surface area contributed by atoms with Crippen molar-refractivity contribution in [2.24, 2.45) is 11.8 Å². The number of carbonyl (C=O) groups is 2. The van der Waals surface area contributed by atoms with Gasteiger partial charge in [0.2, 0.25) is 0 Å². The molecule has 1 fully saturated rings. The van der Waals surface area contributed by atoms with Gasteiger partial charge in [-0.2, -0.15) is 0 Å². The zero-order valence-electron chi connectivity index (χ0n) is 19.4. The van der Waals surface area contributed by atoms with Gasteiger partial charge < -0.3 is 14.6 Å². The number of Topliss-reactive ketones (excluding diaryl/α,β-unsaturated/α-hetero) is 1. The van der Waals surface area contributed by atoms with Gasteiger partial charge in [0.25, 0.3) is 0 Å². The summed E-state index contributed by atoms with van der Waals surface area (Å²) >= 11 is 19.5. The van der Waals surface area contributed by atoms with Gasteiger partial charge in [0.1, 0.15) is 27.1 Å². The molecule has 0 amide bonds. The summed E-state index contributed by atoms with van der Waals surface area (Å²) in [5.41, 5.74) is 1.93. The largest absolute Gasteiger partial charge is 0.462 e. The van der Waals surface area contributed by atoms with Gasteiger partial charge in [0, 0.05) is 25.2 Å². The molecule has 0 bridgehead atoms. The average molecular weight is 557 g/mol. The molecule has 8 nitrogen and oxygen atoms in total. The minimum absolute atomic E-state index is 0.0438. The van der Waals surface area contributed by atoms with Gasteiger partial charge in [-0.1, -0.05) is 53.1 Å². The Morgan fingerprint density at radius 2 is 2.00 bits per heavy atom. The van der Waals surface area contributed by atoms with Crippen molar-refractivity contribution in [1.29, 1.82) is 0 Å². The lowest BCUT2D eigenvalue weighted by atomic mass is 9.83. The first-order valence-corrected chi connectivity index (χ1v) is 13.1. The highest BCUT2D eigenvalue weighted by atomic mass is 35.5. The van der Waals surface area contributed by atoms with Crippen LogP contribution in [0.5, 0.6) is 0 Å². The van der Waals surface area contributed by atoms with E-state index in [0.717, 1.165) is 6.42 Å². The second-order valence-corrected chi connectivity index (χ2v) is 10.6. The summed E-state index contributed by atoms with van der Waals surface area (Å²) in [6.07, 6.45) is 4.08. The normalized spacial score (nSPS) is 18.1. The van der Waals surface area contributed by atoms with Crippen LogP contribution in [0.3, 0.4) is 0 Å². The van der Waals surface area contributed by atoms with Crippen LogP contribution >= 0.6 is 46.1 Å². The molecule has 0 spiro atoms. The van der Waals surface area contributed by atoms with Crippen molar-refractivity contribution in [2.75, 3.05) is 24.6 Å². The third kappa shape index (κ3) is 5.48. The molecule has 1 saturated heterocycles. The van der Waals surface area contributed by atoms with E-state index >= 15 is 0 Å². The third-order valence-electron chi connectivity index (χ3n) is 6.07. The number of piperidine rings is 1. The van der Waals surface area contributed by atoms with Gasteiger partial charge in [0.05, 0.1) is 29.0 Å². The van der Waals surface area contributed by atoms with E-state index in [1.54, 1.807) is 13.8 Å². The number of ketones is 1. The molecular weight excluding hydrogens is 533 g/mol. The van der Waals surface area contributed by atoms with E-state index in [9.17, 15) is 9.59 Å². The van der Waals surface area contributed by atoms with Crippen LogP contribution < -0.4 is 4.90 Å². The molecule has 1 aliphatic rings. The van der Waals surface area contributed by atoms with Crippen LogP contribution in [-0.4, -0.2) is 51.4 Å². The van der Waals surface area contributed by atoms with E-state index < -0.39 is 5.97 Å². The van der Waals surface area contributed by atoms with Gasteiger partial charge in [-0.05, 0) is 32.1 Å². The predicted octanol–water partition coefficient (Wildman–Crippen LogP) is 6.11. The Balaban J connectivity index is 1.51. The lowest BCUT2D eigenvalue weighted by Crippen LogP contribution is -2.40. The highest BCUT2D eigenvalue weighted by molar-refractivity contribution is 7.17. The number of ether oxygens (including phenoxy) is 1. The molecule has 2 atom stereocenters. The number of aromatic nitrogens is 4. The maximum atomic E-state index is 12.9. The number of aromatic amines is 1. The number of H-pyrrole nitrogens is 1. The van der Waals surface area contributed by atoms with Gasteiger partial charge >= 0.3 is 5.97 Å². The van der Waals surface area contributed by atoms with Crippen molar-refractivity contribution in [3.8, 4) is 11.4 Å². The summed E-state index contributed by atoms with van der Waals surface area (Å²) in [7, 11) is 0. The highest BCUT2D eigenvalue weighted by Gasteiger charge is 2.32. The SMILES string of the molecule is CCOC(=O)c1sc(N2CC[C@@H](CC(=O)c3[nH]c(C)c(Cl)c3Cl)[C@@H](C)C2)nc1-c1cnc(Cl)cn1. The monoisotopic (exact) mass is 555 g/mol. The van der Waals surface area contributed by atoms with Crippen molar-refractivity contribution in [2.45, 2.75) is 33.6 Å². The number of nitrogens with one attached hydrogen (secondary N) is 1. The summed E-state index contributed by atoms with van der Waals surface area (Å²) in [6.45, 7) is 7.30. The number of hydrogen-bond donors (Lipinski definition) is 1. The van der Waals surface area contributed by atoms with Gasteiger partial charge in [-0.3, -0.25) is 4.79 Å². The lowest BCUT2D eigenvalue weighted by molar-refractivity contribution is 0.0532. The fourth-order valence-electron chi connectivity index (χ4n) is 4.16. The zero-order valence-corrected chi connectivity index (χ0v) is 22.5. The first kappa shape index (κ1) is 25.9. The molecule has 35 heavy (non-hydrogen) atoms. The van der Waals surface area contributed by atoms with Crippen molar-refractivity contribution in [3.05, 3.63) is 43.9 Å². The predicted molar refractivity (Wildman–Crippen MR) is 138 cm³/mol. The Labute approximate surface area is 222 Å². The summed E-state index contributed by atoms with van der Waals surface area (Å²) in [4.78, 5) is 44.1. The van der Waals surface area contributed by atoms with E-state index in [4.69, 9.17) is 44.5 Å². The van der Waals surface area contributed by atoms with E-state index in [0.29, 0.717) is 57.3 Å². The Hall–Kier alpha value is -2.20. The number of thiazole rings is 1. The van der Waals surface area contributed by atoms with Crippen LogP contribution in [0.15, 0.2) is 12.4 Å². The smallest absolute Gasteiger partial charge is 0.350 e. The molecule has 0 unspecified atom stereocenters. The molecule has 0 saturated carbocycles. The second-order valence-electron chi connectivity index (χ2n) is 8.47. The number of rotatable bonds is 7. The van der Waals surface area contributed by atoms with Crippen molar-refractivity contribution in [3.63, 3.8) is 0 Å². The van der Waals surface area contributed by atoms with Crippen LogP contribution in [0.4, 0.5) is 5.13 Å². The number of aryl methyl sites for hydroxylation is 1. The first-order valence-electron chi connectivity index (χ1n) is 11.2. The maximum Gasteiger partial charge on any atom is 0.350 e. The Morgan fingerprint density at radius 3 is 2.60 bits per heavy atom. The maximum absolute atomic E-state index is 12.9.